The molecule has 2 heterocycles. The third kappa shape index (κ3) is 5.65. The number of hydrogen-bond donors (Lipinski definition) is 1. The van der Waals surface area contributed by atoms with Gasteiger partial charge in [0.15, 0.2) is 5.82 Å². The molecule has 3 aromatic rings. The van der Waals surface area contributed by atoms with Gasteiger partial charge in [-0.2, -0.15) is 13.2 Å². The van der Waals surface area contributed by atoms with Crippen LogP contribution in [0.15, 0.2) is 60.9 Å². The number of carbonyl (C=O) groups excluding carboxylic acids is 1. The average Bonchev–Trinajstić information content (AvgIpc) is 2.83. The van der Waals surface area contributed by atoms with E-state index < -0.39 is 11.7 Å². The normalized spacial score (nSPS) is 14.6. The van der Waals surface area contributed by atoms with Crippen LogP contribution in [0.25, 0.3) is 0 Å². The first-order valence-corrected chi connectivity index (χ1v) is 11.0. The molecular formula is C25H25F3N4O2. The van der Waals surface area contributed by atoms with Gasteiger partial charge in [-0.05, 0) is 49.1 Å². The monoisotopic (exact) mass is 470 g/mol. The topological polar surface area (TPSA) is 67.4 Å². The number of nitrogens with zero attached hydrogens (tertiary/aromatic N) is 3. The predicted molar refractivity (Wildman–Crippen MR) is 122 cm³/mol. The Balaban J connectivity index is 1.36. The molecule has 9 heteroatoms. The van der Waals surface area contributed by atoms with E-state index in [0.29, 0.717) is 43.4 Å². The van der Waals surface area contributed by atoms with E-state index >= 15 is 0 Å². The third-order valence-corrected chi connectivity index (χ3v) is 5.79. The summed E-state index contributed by atoms with van der Waals surface area (Å²) in [5.41, 5.74) is 0.389. The maximum absolute atomic E-state index is 13.2. The number of benzene rings is 2. The quantitative estimate of drug-likeness (QED) is 0.541. The van der Waals surface area contributed by atoms with E-state index in [1.54, 1.807) is 12.4 Å². The Labute approximate surface area is 195 Å². The molecule has 4 rings (SSSR count). The number of hydrogen-bond acceptors (Lipinski definition) is 5. The smallest absolute Gasteiger partial charge is 0.416 e. The Bertz CT molecular complexity index is 1140. The number of halogens is 3. The molecule has 1 aliphatic heterocycles. The lowest BCUT2D eigenvalue weighted by Crippen LogP contribution is -2.41. The minimum Gasteiger partial charge on any atom is -0.436 e. The lowest BCUT2D eigenvalue weighted by molar-refractivity contribution is -0.138. The van der Waals surface area contributed by atoms with Gasteiger partial charge >= 0.3 is 6.18 Å². The second-order valence-corrected chi connectivity index (χ2v) is 8.24. The van der Waals surface area contributed by atoms with Gasteiger partial charge in [0.1, 0.15) is 5.75 Å². The second kappa shape index (κ2) is 10.1. The largest absolute Gasteiger partial charge is 0.436 e. The van der Waals surface area contributed by atoms with Gasteiger partial charge in [0.05, 0.1) is 5.56 Å². The Kier molecular flexibility index (Phi) is 7.00. The van der Waals surface area contributed by atoms with Gasteiger partial charge < -0.3 is 15.0 Å². The van der Waals surface area contributed by atoms with Crippen molar-refractivity contribution in [1.29, 1.82) is 0 Å². The lowest BCUT2D eigenvalue weighted by atomic mass is 9.95. The maximum Gasteiger partial charge on any atom is 0.416 e. The molecule has 6 nitrogen and oxygen atoms in total. The number of carbonyl (C=O) groups is 1. The highest BCUT2D eigenvalue weighted by Gasteiger charge is 2.33. The Morgan fingerprint density at radius 2 is 1.82 bits per heavy atom. The number of aromatic nitrogens is 2. The van der Waals surface area contributed by atoms with Crippen LogP contribution in [0.2, 0.25) is 0 Å². The van der Waals surface area contributed by atoms with Crippen LogP contribution in [0.4, 0.5) is 19.0 Å². The summed E-state index contributed by atoms with van der Waals surface area (Å²) in [6.07, 6.45) is -0.203. The zero-order valence-corrected chi connectivity index (χ0v) is 18.7. The van der Waals surface area contributed by atoms with Crippen molar-refractivity contribution in [3.05, 3.63) is 77.6 Å². The summed E-state index contributed by atoms with van der Waals surface area (Å²) in [7, 11) is 0. The summed E-state index contributed by atoms with van der Waals surface area (Å²) in [5.74, 6) is 1.12. The molecule has 0 aliphatic carbocycles. The van der Waals surface area contributed by atoms with E-state index in [1.807, 2.05) is 36.1 Å². The van der Waals surface area contributed by atoms with Gasteiger partial charge in [-0.1, -0.05) is 30.3 Å². The summed E-state index contributed by atoms with van der Waals surface area (Å²) in [6.45, 7) is 2.93. The molecule has 1 saturated heterocycles. The first kappa shape index (κ1) is 23.5. The van der Waals surface area contributed by atoms with Gasteiger partial charge in [0.25, 0.3) is 5.88 Å². The van der Waals surface area contributed by atoms with Gasteiger partial charge in [0, 0.05) is 37.9 Å². The number of piperidine rings is 1. The Hall–Kier alpha value is -3.62. The standard InChI is InChI=1S/C25H25F3N4O2/c1-17-5-4-7-20(15-17)34-24-22(29-11-12-30-24)32-13-9-18(10-14-32)23(33)31-16-19-6-2-3-8-21(19)25(26,27)28/h2-8,11-12,15,18H,9-10,13-14,16H2,1H3,(H,31,33). The fourth-order valence-electron chi connectivity index (χ4n) is 4.03. The van der Waals surface area contributed by atoms with E-state index in [-0.39, 0.29) is 23.9 Å². The molecule has 0 bridgehead atoms. The van der Waals surface area contributed by atoms with Crippen LogP contribution >= 0.6 is 0 Å². The zero-order valence-electron chi connectivity index (χ0n) is 18.7. The number of rotatable bonds is 6. The van der Waals surface area contributed by atoms with E-state index in [9.17, 15) is 18.0 Å². The van der Waals surface area contributed by atoms with Crippen LogP contribution < -0.4 is 15.0 Å². The van der Waals surface area contributed by atoms with Gasteiger partial charge in [-0.3, -0.25) is 4.79 Å². The zero-order chi connectivity index (χ0) is 24.1. The first-order chi connectivity index (χ1) is 16.3. The van der Waals surface area contributed by atoms with Crippen molar-refractivity contribution in [2.45, 2.75) is 32.5 Å². The van der Waals surface area contributed by atoms with Crippen LogP contribution in [0.1, 0.15) is 29.5 Å². The average molecular weight is 470 g/mol. The van der Waals surface area contributed by atoms with E-state index in [1.165, 1.54) is 18.2 Å². The molecule has 1 aromatic heterocycles. The number of amides is 1. The minimum atomic E-state index is -4.46. The number of aryl methyl sites for hydroxylation is 1. The predicted octanol–water partition coefficient (Wildman–Crippen LogP) is 5.13. The summed E-state index contributed by atoms with van der Waals surface area (Å²) in [5, 5.41) is 2.67. The summed E-state index contributed by atoms with van der Waals surface area (Å²) in [4.78, 5) is 23.4. The number of nitrogens with one attached hydrogen (secondary N) is 1. The third-order valence-electron chi connectivity index (χ3n) is 5.79. The molecule has 2 aromatic carbocycles. The van der Waals surface area contributed by atoms with E-state index in [0.717, 1.165) is 11.6 Å². The SMILES string of the molecule is Cc1cccc(Oc2nccnc2N2CCC(C(=O)NCc3ccccc3C(F)(F)F)CC2)c1. The number of anilines is 1. The molecule has 178 valence electrons. The van der Waals surface area contributed by atoms with Crippen LogP contribution in [-0.2, 0) is 17.5 Å². The summed E-state index contributed by atoms with van der Waals surface area (Å²) < 4.78 is 45.5. The van der Waals surface area contributed by atoms with Gasteiger partial charge in [-0.25, -0.2) is 9.97 Å². The lowest BCUT2D eigenvalue weighted by Gasteiger charge is -2.32. The second-order valence-electron chi connectivity index (χ2n) is 8.24. The molecule has 1 fully saturated rings. The van der Waals surface area contributed by atoms with Crippen molar-refractivity contribution in [3.63, 3.8) is 0 Å². The molecular weight excluding hydrogens is 445 g/mol. The van der Waals surface area contributed by atoms with Crippen molar-refractivity contribution in [1.82, 2.24) is 15.3 Å². The summed E-state index contributed by atoms with van der Waals surface area (Å²) >= 11 is 0. The molecule has 0 saturated carbocycles. The molecule has 1 aliphatic rings. The molecule has 0 unspecified atom stereocenters. The van der Waals surface area contributed by atoms with Crippen molar-refractivity contribution in [2.75, 3.05) is 18.0 Å². The van der Waals surface area contributed by atoms with Crippen LogP contribution in [-0.4, -0.2) is 29.0 Å². The van der Waals surface area contributed by atoms with Crippen molar-refractivity contribution < 1.29 is 22.7 Å². The first-order valence-electron chi connectivity index (χ1n) is 11.0. The summed E-state index contributed by atoms with van der Waals surface area (Å²) in [6, 6.07) is 12.9. The highest BCUT2D eigenvalue weighted by Crippen LogP contribution is 2.33. The van der Waals surface area contributed by atoms with Crippen molar-refractivity contribution in [3.8, 4) is 11.6 Å². The fraction of sp³-hybridized carbons (Fsp3) is 0.320. The fourth-order valence-corrected chi connectivity index (χ4v) is 4.03. The highest BCUT2D eigenvalue weighted by atomic mass is 19.4. The Morgan fingerprint density at radius 1 is 1.09 bits per heavy atom. The van der Waals surface area contributed by atoms with Crippen LogP contribution in [0.3, 0.4) is 0 Å². The molecule has 0 radical (unpaired) electrons. The highest BCUT2D eigenvalue weighted by molar-refractivity contribution is 5.79. The van der Waals surface area contributed by atoms with Crippen LogP contribution in [0, 0.1) is 12.8 Å². The molecule has 1 amide bonds. The van der Waals surface area contributed by atoms with Crippen LogP contribution in [0.5, 0.6) is 11.6 Å². The number of ether oxygens (including phenoxy) is 1. The van der Waals surface area contributed by atoms with E-state index in [2.05, 4.69) is 15.3 Å². The Morgan fingerprint density at radius 3 is 2.56 bits per heavy atom. The van der Waals surface area contributed by atoms with E-state index in [4.69, 9.17) is 4.74 Å². The van der Waals surface area contributed by atoms with Gasteiger partial charge in [-0.15, -0.1) is 0 Å². The maximum atomic E-state index is 13.2. The molecule has 0 atom stereocenters. The van der Waals surface area contributed by atoms with Crippen molar-refractivity contribution >= 4 is 11.7 Å². The van der Waals surface area contributed by atoms with Gasteiger partial charge in [0.2, 0.25) is 5.91 Å². The molecule has 34 heavy (non-hydrogen) atoms. The number of alkyl halides is 3. The van der Waals surface area contributed by atoms with Crippen molar-refractivity contribution in [2.24, 2.45) is 5.92 Å². The molecule has 0 spiro atoms. The minimum absolute atomic E-state index is 0.0540. The molecule has 1 N–H and O–H groups in total.